The SMILES string of the molecule is COc1cccc([C@H]2C=C(c3ccc(OC)c(OC)c3)Nc3ncnn32)c1. The van der Waals surface area contributed by atoms with Gasteiger partial charge in [0.1, 0.15) is 18.1 Å². The molecule has 0 saturated carbocycles. The van der Waals surface area contributed by atoms with Crippen LogP contribution in [0.5, 0.6) is 17.2 Å². The Hall–Kier alpha value is -3.48. The first-order valence-corrected chi connectivity index (χ1v) is 8.48. The van der Waals surface area contributed by atoms with Crippen molar-refractivity contribution in [3.8, 4) is 17.2 Å². The highest BCUT2D eigenvalue weighted by molar-refractivity contribution is 5.78. The van der Waals surface area contributed by atoms with E-state index < -0.39 is 0 Å². The maximum atomic E-state index is 5.43. The van der Waals surface area contributed by atoms with E-state index in [9.17, 15) is 0 Å². The number of nitrogens with zero attached hydrogens (tertiary/aromatic N) is 3. The minimum absolute atomic E-state index is 0.109. The lowest BCUT2D eigenvalue weighted by Gasteiger charge is -2.25. The number of benzene rings is 2. The summed E-state index contributed by atoms with van der Waals surface area (Å²) in [6.07, 6.45) is 3.65. The molecule has 0 spiro atoms. The van der Waals surface area contributed by atoms with Crippen molar-refractivity contribution in [3.05, 3.63) is 66.0 Å². The van der Waals surface area contributed by atoms with E-state index in [-0.39, 0.29) is 6.04 Å². The summed E-state index contributed by atoms with van der Waals surface area (Å²) in [5.74, 6) is 2.83. The molecule has 27 heavy (non-hydrogen) atoms. The van der Waals surface area contributed by atoms with E-state index in [0.29, 0.717) is 17.4 Å². The average molecular weight is 364 g/mol. The van der Waals surface area contributed by atoms with Crippen LogP contribution in [-0.4, -0.2) is 36.1 Å². The van der Waals surface area contributed by atoms with Crippen LogP contribution in [0.3, 0.4) is 0 Å². The smallest absolute Gasteiger partial charge is 0.226 e. The number of rotatable bonds is 5. The van der Waals surface area contributed by atoms with Gasteiger partial charge in [0.05, 0.1) is 21.3 Å². The van der Waals surface area contributed by atoms with E-state index in [4.69, 9.17) is 14.2 Å². The Labute approximate surface area is 157 Å². The Kier molecular flexibility index (Phi) is 4.42. The van der Waals surface area contributed by atoms with Gasteiger partial charge in [-0.05, 0) is 42.0 Å². The van der Waals surface area contributed by atoms with Crippen molar-refractivity contribution >= 4 is 11.6 Å². The molecule has 1 aromatic heterocycles. The Morgan fingerprint density at radius 3 is 2.59 bits per heavy atom. The van der Waals surface area contributed by atoms with Crippen molar-refractivity contribution in [3.63, 3.8) is 0 Å². The van der Waals surface area contributed by atoms with Crippen LogP contribution in [0.4, 0.5) is 5.95 Å². The highest BCUT2D eigenvalue weighted by Crippen LogP contribution is 2.36. The minimum atomic E-state index is -0.109. The van der Waals surface area contributed by atoms with Crippen LogP contribution in [0, 0.1) is 0 Å². The zero-order valence-electron chi connectivity index (χ0n) is 15.3. The predicted molar refractivity (Wildman–Crippen MR) is 102 cm³/mol. The number of hydrogen-bond donors (Lipinski definition) is 1. The maximum absolute atomic E-state index is 5.43. The lowest BCUT2D eigenvalue weighted by Crippen LogP contribution is -2.20. The van der Waals surface area contributed by atoms with Crippen LogP contribution in [0.15, 0.2) is 54.9 Å². The summed E-state index contributed by atoms with van der Waals surface area (Å²) >= 11 is 0. The molecule has 1 aliphatic rings. The molecular weight excluding hydrogens is 344 g/mol. The van der Waals surface area contributed by atoms with Crippen LogP contribution < -0.4 is 19.5 Å². The van der Waals surface area contributed by atoms with Gasteiger partial charge in [0, 0.05) is 11.3 Å². The lowest BCUT2D eigenvalue weighted by molar-refractivity contribution is 0.355. The maximum Gasteiger partial charge on any atom is 0.226 e. The van der Waals surface area contributed by atoms with Gasteiger partial charge >= 0.3 is 0 Å². The molecule has 4 rings (SSSR count). The third kappa shape index (κ3) is 3.08. The first-order chi connectivity index (χ1) is 13.2. The summed E-state index contributed by atoms with van der Waals surface area (Å²) < 4.78 is 18.0. The van der Waals surface area contributed by atoms with E-state index in [1.165, 1.54) is 0 Å². The van der Waals surface area contributed by atoms with Crippen molar-refractivity contribution < 1.29 is 14.2 Å². The molecule has 1 N–H and O–H groups in total. The number of hydrogen-bond acceptors (Lipinski definition) is 6. The summed E-state index contributed by atoms with van der Waals surface area (Å²) in [5.41, 5.74) is 2.94. The standard InChI is InChI=1S/C20H20N4O3/c1-25-15-6-4-5-14(9-15)17-11-16(23-20-21-12-22-24(17)20)13-7-8-18(26-2)19(10-13)27-3/h4-12,17H,1-3H3,(H,21,22,23)/t17-/m1/s1. The van der Waals surface area contributed by atoms with E-state index >= 15 is 0 Å². The van der Waals surface area contributed by atoms with Gasteiger partial charge in [0.15, 0.2) is 11.5 Å². The molecule has 1 aliphatic heterocycles. The largest absolute Gasteiger partial charge is 0.497 e. The molecule has 0 aliphatic carbocycles. The van der Waals surface area contributed by atoms with Crippen molar-refractivity contribution in [2.24, 2.45) is 0 Å². The number of aromatic nitrogens is 3. The third-order valence-corrected chi connectivity index (χ3v) is 4.54. The normalized spacial score (nSPS) is 15.4. The highest BCUT2D eigenvalue weighted by Gasteiger charge is 2.24. The van der Waals surface area contributed by atoms with Gasteiger partial charge in [-0.25, -0.2) is 4.68 Å². The molecule has 1 atom stereocenters. The molecule has 2 aromatic carbocycles. The minimum Gasteiger partial charge on any atom is -0.497 e. The van der Waals surface area contributed by atoms with Crippen molar-refractivity contribution in [1.29, 1.82) is 0 Å². The van der Waals surface area contributed by atoms with Gasteiger partial charge in [-0.15, -0.1) is 0 Å². The molecule has 0 unspecified atom stereocenters. The van der Waals surface area contributed by atoms with Gasteiger partial charge in [-0.2, -0.15) is 10.1 Å². The van der Waals surface area contributed by atoms with Gasteiger partial charge in [0.25, 0.3) is 0 Å². The topological polar surface area (TPSA) is 70.4 Å². The van der Waals surface area contributed by atoms with Crippen LogP contribution in [0.25, 0.3) is 5.70 Å². The Morgan fingerprint density at radius 1 is 0.963 bits per heavy atom. The van der Waals surface area contributed by atoms with Crippen molar-refractivity contribution in [2.45, 2.75) is 6.04 Å². The monoisotopic (exact) mass is 364 g/mol. The fourth-order valence-electron chi connectivity index (χ4n) is 3.17. The van der Waals surface area contributed by atoms with Crippen molar-refractivity contribution in [2.75, 3.05) is 26.6 Å². The first kappa shape index (κ1) is 17.0. The van der Waals surface area contributed by atoms with Gasteiger partial charge in [0.2, 0.25) is 5.95 Å². The molecule has 3 aromatic rings. The quantitative estimate of drug-likeness (QED) is 0.749. The molecule has 7 heteroatoms. The van der Waals surface area contributed by atoms with Crippen LogP contribution in [-0.2, 0) is 0 Å². The van der Waals surface area contributed by atoms with Gasteiger partial charge in [-0.1, -0.05) is 12.1 Å². The zero-order chi connectivity index (χ0) is 18.8. The summed E-state index contributed by atoms with van der Waals surface area (Å²) in [6, 6.07) is 13.6. The molecule has 0 saturated heterocycles. The van der Waals surface area contributed by atoms with E-state index in [2.05, 4.69) is 21.5 Å². The van der Waals surface area contributed by atoms with Gasteiger partial charge in [-0.3, -0.25) is 0 Å². The second kappa shape index (κ2) is 7.03. The average Bonchev–Trinajstić information content (AvgIpc) is 3.21. The van der Waals surface area contributed by atoms with Gasteiger partial charge < -0.3 is 19.5 Å². The second-order valence-electron chi connectivity index (χ2n) is 6.02. The summed E-state index contributed by atoms with van der Waals surface area (Å²) in [5, 5.41) is 7.71. The van der Waals surface area contributed by atoms with Crippen LogP contribution in [0.1, 0.15) is 17.2 Å². The Bertz CT molecular complexity index is 996. The summed E-state index contributed by atoms with van der Waals surface area (Å²) in [6.45, 7) is 0. The molecule has 138 valence electrons. The Morgan fingerprint density at radius 2 is 1.81 bits per heavy atom. The molecule has 0 amide bonds. The first-order valence-electron chi connectivity index (χ1n) is 8.48. The molecule has 0 fully saturated rings. The molecule has 0 radical (unpaired) electrons. The number of ether oxygens (including phenoxy) is 3. The van der Waals surface area contributed by atoms with E-state index in [1.54, 1.807) is 27.7 Å². The van der Waals surface area contributed by atoms with Crippen LogP contribution >= 0.6 is 0 Å². The van der Waals surface area contributed by atoms with Crippen LogP contribution in [0.2, 0.25) is 0 Å². The number of methoxy groups -OCH3 is 3. The molecule has 0 bridgehead atoms. The van der Waals surface area contributed by atoms with E-state index in [1.807, 2.05) is 47.1 Å². The summed E-state index contributed by atoms with van der Waals surface area (Å²) in [4.78, 5) is 4.34. The molecule has 2 heterocycles. The predicted octanol–water partition coefficient (Wildman–Crippen LogP) is 3.36. The highest BCUT2D eigenvalue weighted by atomic mass is 16.5. The number of allylic oxidation sites excluding steroid dienone is 1. The Balaban J connectivity index is 1.79. The lowest BCUT2D eigenvalue weighted by atomic mass is 10.0. The fraction of sp³-hybridized carbons (Fsp3) is 0.200. The fourth-order valence-corrected chi connectivity index (χ4v) is 3.17. The third-order valence-electron chi connectivity index (χ3n) is 4.54. The molecular formula is C20H20N4O3. The van der Waals surface area contributed by atoms with Crippen molar-refractivity contribution in [1.82, 2.24) is 14.8 Å². The zero-order valence-corrected chi connectivity index (χ0v) is 15.3. The van der Waals surface area contributed by atoms with E-state index in [0.717, 1.165) is 22.6 Å². The number of nitrogens with one attached hydrogen (secondary N) is 1. The number of fused-ring (bicyclic) bond motifs is 1. The summed E-state index contributed by atoms with van der Waals surface area (Å²) in [7, 11) is 4.91. The second-order valence-corrected chi connectivity index (χ2v) is 6.02. The number of anilines is 1. The molecule has 7 nitrogen and oxygen atoms in total.